The van der Waals surface area contributed by atoms with E-state index >= 15 is 0 Å². The molecule has 4 heteroatoms. The average molecular weight is 335 g/mol. The Morgan fingerprint density at radius 3 is 2.30 bits per heavy atom. The molecule has 0 aliphatic carbocycles. The van der Waals surface area contributed by atoms with Crippen molar-refractivity contribution in [1.82, 2.24) is 0 Å². The van der Waals surface area contributed by atoms with Gasteiger partial charge in [-0.1, -0.05) is 28.1 Å². The van der Waals surface area contributed by atoms with E-state index in [2.05, 4.69) is 15.9 Å². The molecule has 0 aromatic heterocycles. The lowest BCUT2D eigenvalue weighted by atomic mass is 10.0. The van der Waals surface area contributed by atoms with Crippen LogP contribution in [0.3, 0.4) is 0 Å². The highest BCUT2D eigenvalue weighted by molar-refractivity contribution is 9.09. The first kappa shape index (κ1) is 14.7. The van der Waals surface area contributed by atoms with Gasteiger partial charge >= 0.3 is 0 Å². The Labute approximate surface area is 128 Å². The van der Waals surface area contributed by atoms with Gasteiger partial charge in [-0.3, -0.25) is 0 Å². The molecule has 20 heavy (non-hydrogen) atoms. The summed E-state index contributed by atoms with van der Waals surface area (Å²) in [7, 11) is 0. The van der Waals surface area contributed by atoms with E-state index in [1.54, 1.807) is 0 Å². The second-order valence-corrected chi connectivity index (χ2v) is 5.42. The third-order valence-corrected chi connectivity index (χ3v) is 3.57. The van der Waals surface area contributed by atoms with E-state index in [1.807, 2.05) is 42.5 Å². The van der Waals surface area contributed by atoms with Crippen molar-refractivity contribution < 1.29 is 4.74 Å². The van der Waals surface area contributed by atoms with E-state index in [0.717, 1.165) is 40.7 Å². The second kappa shape index (κ2) is 7.20. The van der Waals surface area contributed by atoms with Gasteiger partial charge in [-0.05, 0) is 42.7 Å². The molecule has 106 valence electrons. The molecule has 0 radical (unpaired) electrons. The van der Waals surface area contributed by atoms with E-state index in [1.165, 1.54) is 0 Å². The standard InChI is InChI=1S/C16H19BrN2O/c17-9-1-2-10-20-16-11-14(19)7-8-15(16)12-3-5-13(18)6-4-12/h3-8,11H,1-2,9-10,18-19H2. The fraction of sp³-hybridized carbons (Fsp3) is 0.250. The zero-order valence-electron chi connectivity index (χ0n) is 11.3. The number of alkyl halides is 1. The molecule has 2 aromatic carbocycles. The summed E-state index contributed by atoms with van der Waals surface area (Å²) in [5.74, 6) is 0.823. The number of nitrogens with two attached hydrogens (primary N) is 2. The lowest BCUT2D eigenvalue weighted by molar-refractivity contribution is 0.311. The zero-order valence-corrected chi connectivity index (χ0v) is 12.9. The maximum atomic E-state index is 5.87. The van der Waals surface area contributed by atoms with Crippen molar-refractivity contribution in [1.29, 1.82) is 0 Å². The Kier molecular flexibility index (Phi) is 5.30. The second-order valence-electron chi connectivity index (χ2n) is 4.62. The van der Waals surface area contributed by atoms with Gasteiger partial charge in [-0.25, -0.2) is 0 Å². The predicted octanol–water partition coefficient (Wildman–Crippen LogP) is 4.07. The lowest BCUT2D eigenvalue weighted by Crippen LogP contribution is -2.00. The summed E-state index contributed by atoms with van der Waals surface area (Å²) in [4.78, 5) is 0. The average Bonchev–Trinajstić information content (AvgIpc) is 2.45. The molecule has 0 aliphatic heterocycles. The molecule has 3 nitrogen and oxygen atoms in total. The number of halogens is 1. The normalized spacial score (nSPS) is 10.4. The number of unbranched alkanes of at least 4 members (excludes halogenated alkanes) is 1. The van der Waals surface area contributed by atoms with Gasteiger partial charge in [0.15, 0.2) is 0 Å². The van der Waals surface area contributed by atoms with Gasteiger partial charge in [0.2, 0.25) is 0 Å². The van der Waals surface area contributed by atoms with Crippen LogP contribution >= 0.6 is 15.9 Å². The van der Waals surface area contributed by atoms with E-state index in [0.29, 0.717) is 12.3 Å². The third-order valence-electron chi connectivity index (χ3n) is 3.01. The van der Waals surface area contributed by atoms with E-state index in [9.17, 15) is 0 Å². The maximum Gasteiger partial charge on any atom is 0.129 e. The SMILES string of the molecule is Nc1ccc(-c2ccc(N)cc2OCCCCBr)cc1. The summed E-state index contributed by atoms with van der Waals surface area (Å²) in [5.41, 5.74) is 15.2. The maximum absolute atomic E-state index is 5.87. The molecular weight excluding hydrogens is 316 g/mol. The predicted molar refractivity (Wildman–Crippen MR) is 89.2 cm³/mol. The van der Waals surface area contributed by atoms with Gasteiger partial charge in [-0.15, -0.1) is 0 Å². The molecule has 0 heterocycles. The molecule has 0 fully saturated rings. The van der Waals surface area contributed by atoms with Crippen LogP contribution in [-0.4, -0.2) is 11.9 Å². The Balaban J connectivity index is 2.21. The molecule has 0 bridgehead atoms. The van der Waals surface area contributed by atoms with Crippen molar-refractivity contribution in [2.24, 2.45) is 0 Å². The number of hydrogen-bond acceptors (Lipinski definition) is 3. The van der Waals surface area contributed by atoms with Crippen LogP contribution in [0.1, 0.15) is 12.8 Å². The highest BCUT2D eigenvalue weighted by Crippen LogP contribution is 2.32. The van der Waals surface area contributed by atoms with Crippen LogP contribution in [0.2, 0.25) is 0 Å². The van der Waals surface area contributed by atoms with Gasteiger partial charge in [0.25, 0.3) is 0 Å². The van der Waals surface area contributed by atoms with E-state index < -0.39 is 0 Å². The van der Waals surface area contributed by atoms with Crippen molar-refractivity contribution in [3.05, 3.63) is 42.5 Å². The lowest BCUT2D eigenvalue weighted by Gasteiger charge is -2.12. The monoisotopic (exact) mass is 334 g/mol. The summed E-state index contributed by atoms with van der Waals surface area (Å²) in [6.45, 7) is 0.691. The van der Waals surface area contributed by atoms with Gasteiger partial charge < -0.3 is 16.2 Å². The molecule has 0 aliphatic rings. The number of hydrogen-bond donors (Lipinski definition) is 2. The summed E-state index contributed by atoms with van der Waals surface area (Å²) in [6.07, 6.45) is 2.11. The van der Waals surface area contributed by atoms with Crippen molar-refractivity contribution in [3.63, 3.8) is 0 Å². The van der Waals surface area contributed by atoms with Crippen LogP contribution in [0.15, 0.2) is 42.5 Å². The molecule has 2 aromatic rings. The fourth-order valence-corrected chi connectivity index (χ4v) is 2.33. The molecule has 0 unspecified atom stereocenters. The van der Waals surface area contributed by atoms with Crippen LogP contribution < -0.4 is 16.2 Å². The van der Waals surface area contributed by atoms with Gasteiger partial charge in [0, 0.05) is 28.3 Å². The highest BCUT2D eigenvalue weighted by Gasteiger charge is 2.07. The van der Waals surface area contributed by atoms with Crippen molar-refractivity contribution >= 4 is 27.3 Å². The first-order valence-electron chi connectivity index (χ1n) is 6.65. The van der Waals surface area contributed by atoms with E-state index in [-0.39, 0.29) is 0 Å². The smallest absolute Gasteiger partial charge is 0.129 e. The van der Waals surface area contributed by atoms with Crippen LogP contribution in [0.25, 0.3) is 11.1 Å². The molecule has 0 saturated heterocycles. The Bertz CT molecular complexity index is 555. The van der Waals surface area contributed by atoms with Crippen LogP contribution in [0.5, 0.6) is 5.75 Å². The summed E-state index contributed by atoms with van der Waals surface area (Å²) < 4.78 is 5.87. The Morgan fingerprint density at radius 2 is 1.60 bits per heavy atom. The van der Waals surface area contributed by atoms with Gasteiger partial charge in [0.05, 0.1) is 6.61 Å². The van der Waals surface area contributed by atoms with Gasteiger partial charge in [-0.2, -0.15) is 0 Å². The van der Waals surface area contributed by atoms with E-state index in [4.69, 9.17) is 16.2 Å². The third kappa shape index (κ3) is 3.90. The number of ether oxygens (including phenoxy) is 1. The van der Waals surface area contributed by atoms with Crippen LogP contribution in [0, 0.1) is 0 Å². The Hall–Kier alpha value is -1.68. The number of benzene rings is 2. The zero-order chi connectivity index (χ0) is 14.4. The molecule has 0 saturated carbocycles. The topological polar surface area (TPSA) is 61.3 Å². The molecule has 0 amide bonds. The number of nitrogen functional groups attached to an aromatic ring is 2. The Morgan fingerprint density at radius 1 is 0.900 bits per heavy atom. The summed E-state index contributed by atoms with van der Waals surface area (Å²) in [6, 6.07) is 13.5. The molecule has 0 spiro atoms. The molecule has 4 N–H and O–H groups in total. The van der Waals surface area contributed by atoms with Crippen LogP contribution in [-0.2, 0) is 0 Å². The van der Waals surface area contributed by atoms with Crippen molar-refractivity contribution in [3.8, 4) is 16.9 Å². The first-order chi connectivity index (χ1) is 9.70. The minimum atomic E-state index is 0.691. The quantitative estimate of drug-likeness (QED) is 0.475. The highest BCUT2D eigenvalue weighted by atomic mass is 79.9. The minimum absolute atomic E-state index is 0.691. The number of rotatable bonds is 6. The van der Waals surface area contributed by atoms with Crippen molar-refractivity contribution in [2.45, 2.75) is 12.8 Å². The minimum Gasteiger partial charge on any atom is -0.493 e. The summed E-state index contributed by atoms with van der Waals surface area (Å²) >= 11 is 3.42. The fourth-order valence-electron chi connectivity index (χ4n) is 1.94. The largest absolute Gasteiger partial charge is 0.493 e. The van der Waals surface area contributed by atoms with Crippen molar-refractivity contribution in [2.75, 3.05) is 23.4 Å². The van der Waals surface area contributed by atoms with Crippen LogP contribution in [0.4, 0.5) is 11.4 Å². The summed E-state index contributed by atoms with van der Waals surface area (Å²) in [5, 5.41) is 0.998. The number of anilines is 2. The first-order valence-corrected chi connectivity index (χ1v) is 7.77. The molecule has 0 atom stereocenters. The molecular formula is C16H19BrN2O. The van der Waals surface area contributed by atoms with Gasteiger partial charge in [0.1, 0.15) is 5.75 Å². The molecule has 2 rings (SSSR count).